The molecule has 0 unspecified atom stereocenters. The number of rotatable bonds is 4. The SMILES string of the molecule is O=C(C=Cc1ccc(Cl)cc1Cl)NC(=S)Nc1ccc(C(=O)O)cc1. The van der Waals surface area contributed by atoms with Gasteiger partial charge in [-0.3, -0.25) is 10.1 Å². The Kier molecular flexibility index (Phi) is 6.52. The molecule has 0 aliphatic rings. The van der Waals surface area contributed by atoms with E-state index in [1.165, 1.54) is 24.3 Å². The second kappa shape index (κ2) is 8.62. The van der Waals surface area contributed by atoms with E-state index in [0.717, 1.165) is 0 Å². The van der Waals surface area contributed by atoms with E-state index in [9.17, 15) is 9.59 Å². The van der Waals surface area contributed by atoms with Crippen LogP contribution < -0.4 is 10.6 Å². The molecule has 0 radical (unpaired) electrons. The molecule has 0 fully saturated rings. The van der Waals surface area contributed by atoms with Crippen LogP contribution in [0.1, 0.15) is 15.9 Å². The fourth-order valence-corrected chi connectivity index (χ4v) is 2.50. The van der Waals surface area contributed by atoms with Gasteiger partial charge in [0.2, 0.25) is 5.91 Å². The maximum Gasteiger partial charge on any atom is 0.335 e. The van der Waals surface area contributed by atoms with Crippen molar-refractivity contribution in [3.05, 3.63) is 69.7 Å². The summed E-state index contributed by atoms with van der Waals surface area (Å²) in [6.45, 7) is 0. The zero-order chi connectivity index (χ0) is 18.4. The number of halogens is 2. The van der Waals surface area contributed by atoms with Crippen molar-refractivity contribution in [1.29, 1.82) is 0 Å². The van der Waals surface area contributed by atoms with Crippen LogP contribution in [0, 0.1) is 0 Å². The minimum atomic E-state index is -1.02. The Morgan fingerprint density at radius 2 is 1.76 bits per heavy atom. The summed E-state index contributed by atoms with van der Waals surface area (Å²) >= 11 is 16.9. The van der Waals surface area contributed by atoms with Crippen LogP contribution in [0.25, 0.3) is 6.08 Å². The number of aromatic carboxylic acids is 1. The molecule has 128 valence electrons. The van der Waals surface area contributed by atoms with Crippen LogP contribution >= 0.6 is 35.4 Å². The van der Waals surface area contributed by atoms with E-state index in [4.69, 9.17) is 40.5 Å². The van der Waals surface area contributed by atoms with Crippen molar-refractivity contribution in [3.8, 4) is 0 Å². The summed E-state index contributed by atoms with van der Waals surface area (Å²) in [5.41, 5.74) is 1.35. The van der Waals surface area contributed by atoms with Gasteiger partial charge >= 0.3 is 5.97 Å². The number of hydrogen-bond donors (Lipinski definition) is 3. The topological polar surface area (TPSA) is 78.4 Å². The van der Waals surface area contributed by atoms with Gasteiger partial charge in [0, 0.05) is 21.8 Å². The summed E-state index contributed by atoms with van der Waals surface area (Å²) < 4.78 is 0. The van der Waals surface area contributed by atoms with Gasteiger partial charge in [-0.2, -0.15) is 0 Å². The Bertz CT molecular complexity index is 851. The average molecular weight is 395 g/mol. The Morgan fingerprint density at radius 3 is 2.36 bits per heavy atom. The van der Waals surface area contributed by atoms with Crippen molar-refractivity contribution in [2.45, 2.75) is 0 Å². The Morgan fingerprint density at radius 1 is 1.08 bits per heavy atom. The van der Waals surface area contributed by atoms with Crippen LogP contribution in [-0.4, -0.2) is 22.1 Å². The molecule has 0 bridgehead atoms. The summed E-state index contributed by atoms with van der Waals surface area (Å²) in [5, 5.41) is 15.1. The quantitative estimate of drug-likeness (QED) is 0.534. The summed E-state index contributed by atoms with van der Waals surface area (Å²) in [7, 11) is 0. The first kappa shape index (κ1) is 18.9. The molecule has 0 aliphatic heterocycles. The molecule has 2 aromatic rings. The van der Waals surface area contributed by atoms with Crippen molar-refractivity contribution in [2.24, 2.45) is 0 Å². The monoisotopic (exact) mass is 394 g/mol. The fraction of sp³-hybridized carbons (Fsp3) is 0. The predicted octanol–water partition coefficient (Wildman–Crippen LogP) is 4.22. The molecule has 0 saturated carbocycles. The van der Waals surface area contributed by atoms with Gasteiger partial charge in [0.25, 0.3) is 0 Å². The maximum atomic E-state index is 11.9. The fourth-order valence-electron chi connectivity index (χ4n) is 1.81. The highest BCUT2D eigenvalue weighted by molar-refractivity contribution is 7.80. The molecule has 0 saturated heterocycles. The Balaban J connectivity index is 1.92. The number of carbonyl (C=O) groups is 2. The minimum Gasteiger partial charge on any atom is -0.478 e. The first-order valence-electron chi connectivity index (χ1n) is 6.93. The lowest BCUT2D eigenvalue weighted by molar-refractivity contribution is -0.115. The number of carbonyl (C=O) groups excluding carboxylic acids is 1. The third-order valence-electron chi connectivity index (χ3n) is 3.00. The molecule has 5 nitrogen and oxygen atoms in total. The number of nitrogens with one attached hydrogen (secondary N) is 2. The summed E-state index contributed by atoms with van der Waals surface area (Å²) in [6, 6.07) is 10.9. The standard InChI is InChI=1S/C17H12Cl2N2O3S/c18-12-5-1-10(14(19)9-12)4-8-15(22)21-17(25)20-13-6-2-11(3-7-13)16(23)24/h1-9H,(H,23,24)(H2,20,21,22,25). The predicted molar refractivity (Wildman–Crippen MR) is 103 cm³/mol. The van der Waals surface area contributed by atoms with E-state index in [0.29, 0.717) is 21.3 Å². The molecule has 0 heterocycles. The lowest BCUT2D eigenvalue weighted by Gasteiger charge is -2.08. The zero-order valence-corrected chi connectivity index (χ0v) is 15.0. The Labute approximate surface area is 159 Å². The van der Waals surface area contributed by atoms with Gasteiger partial charge < -0.3 is 10.4 Å². The molecule has 2 aromatic carbocycles. The van der Waals surface area contributed by atoms with Crippen molar-refractivity contribution in [1.82, 2.24) is 5.32 Å². The van der Waals surface area contributed by atoms with E-state index in [-0.39, 0.29) is 10.7 Å². The molecule has 2 rings (SSSR count). The highest BCUT2D eigenvalue weighted by Gasteiger charge is 2.05. The lowest BCUT2D eigenvalue weighted by atomic mass is 10.2. The third kappa shape index (κ3) is 5.86. The van der Waals surface area contributed by atoms with Crippen LogP contribution in [0.15, 0.2) is 48.5 Å². The summed E-state index contributed by atoms with van der Waals surface area (Å²) in [4.78, 5) is 22.7. The zero-order valence-electron chi connectivity index (χ0n) is 12.6. The van der Waals surface area contributed by atoms with E-state index < -0.39 is 11.9 Å². The van der Waals surface area contributed by atoms with Crippen molar-refractivity contribution in [3.63, 3.8) is 0 Å². The summed E-state index contributed by atoms with van der Waals surface area (Å²) in [5.74, 6) is -1.46. The van der Waals surface area contributed by atoms with Gasteiger partial charge in [-0.1, -0.05) is 29.3 Å². The highest BCUT2D eigenvalue weighted by atomic mass is 35.5. The van der Waals surface area contributed by atoms with Crippen LogP contribution in [0.2, 0.25) is 10.0 Å². The highest BCUT2D eigenvalue weighted by Crippen LogP contribution is 2.21. The first-order chi connectivity index (χ1) is 11.8. The molecule has 3 N–H and O–H groups in total. The number of anilines is 1. The Hall–Kier alpha value is -2.41. The lowest BCUT2D eigenvalue weighted by Crippen LogP contribution is -2.32. The molecular weight excluding hydrogens is 383 g/mol. The van der Waals surface area contributed by atoms with Gasteiger partial charge in [-0.25, -0.2) is 4.79 Å². The van der Waals surface area contributed by atoms with Gasteiger partial charge in [-0.15, -0.1) is 0 Å². The molecule has 1 amide bonds. The number of benzene rings is 2. The number of carboxylic acids is 1. The van der Waals surface area contributed by atoms with Crippen LogP contribution in [0.4, 0.5) is 5.69 Å². The largest absolute Gasteiger partial charge is 0.478 e. The molecule has 0 aliphatic carbocycles. The van der Waals surface area contributed by atoms with E-state index >= 15 is 0 Å². The van der Waals surface area contributed by atoms with Crippen molar-refractivity contribution in [2.75, 3.05) is 5.32 Å². The van der Waals surface area contributed by atoms with Crippen LogP contribution in [0.5, 0.6) is 0 Å². The average Bonchev–Trinajstić information content (AvgIpc) is 2.54. The maximum absolute atomic E-state index is 11.9. The molecule has 25 heavy (non-hydrogen) atoms. The number of amides is 1. The van der Waals surface area contributed by atoms with Crippen LogP contribution in [-0.2, 0) is 4.79 Å². The smallest absolute Gasteiger partial charge is 0.335 e. The second-order valence-electron chi connectivity index (χ2n) is 4.83. The second-order valence-corrected chi connectivity index (χ2v) is 6.08. The van der Waals surface area contributed by atoms with Crippen LogP contribution in [0.3, 0.4) is 0 Å². The summed E-state index contributed by atoms with van der Waals surface area (Å²) in [6.07, 6.45) is 2.83. The molecule has 8 heteroatoms. The molecular formula is C17H12Cl2N2O3S. The van der Waals surface area contributed by atoms with Gasteiger partial charge in [0.15, 0.2) is 5.11 Å². The van der Waals surface area contributed by atoms with E-state index in [1.807, 2.05) is 0 Å². The van der Waals surface area contributed by atoms with Crippen molar-refractivity contribution < 1.29 is 14.7 Å². The van der Waals surface area contributed by atoms with Gasteiger partial charge in [-0.05, 0) is 60.3 Å². The molecule has 0 atom stereocenters. The van der Waals surface area contributed by atoms with E-state index in [2.05, 4.69) is 10.6 Å². The third-order valence-corrected chi connectivity index (χ3v) is 3.77. The molecule has 0 aromatic heterocycles. The minimum absolute atomic E-state index is 0.0833. The van der Waals surface area contributed by atoms with Crippen molar-refractivity contribution >= 4 is 64.2 Å². The number of hydrogen-bond acceptors (Lipinski definition) is 3. The number of thiocarbonyl (C=S) groups is 1. The van der Waals surface area contributed by atoms with Gasteiger partial charge in [0.05, 0.1) is 5.56 Å². The number of carboxylic acid groups (broad SMARTS) is 1. The normalized spacial score (nSPS) is 10.5. The molecule has 0 spiro atoms. The van der Waals surface area contributed by atoms with E-state index in [1.54, 1.807) is 30.3 Å². The first-order valence-corrected chi connectivity index (χ1v) is 8.10. The van der Waals surface area contributed by atoms with Gasteiger partial charge in [0.1, 0.15) is 0 Å².